The molecule has 1 fully saturated rings. The molecule has 0 amide bonds. The summed E-state index contributed by atoms with van der Waals surface area (Å²) in [5.74, 6) is -0.386. The summed E-state index contributed by atoms with van der Waals surface area (Å²) >= 11 is 1.27. The number of hydrazine groups is 1. The maximum Gasteiger partial charge on any atom is 0.573 e. The zero-order chi connectivity index (χ0) is 26.8. The van der Waals surface area contributed by atoms with E-state index in [1.807, 2.05) is 35.3 Å². The smallest absolute Gasteiger partial charge is 0.405 e. The van der Waals surface area contributed by atoms with E-state index in [0.717, 1.165) is 41.7 Å². The summed E-state index contributed by atoms with van der Waals surface area (Å²) < 4.78 is 71.2. The van der Waals surface area contributed by atoms with Crippen LogP contribution < -0.4 is 14.5 Å². The van der Waals surface area contributed by atoms with Gasteiger partial charge in [0.05, 0.1) is 10.7 Å². The van der Waals surface area contributed by atoms with Crippen molar-refractivity contribution in [2.75, 3.05) is 17.9 Å². The molecule has 1 aliphatic rings. The van der Waals surface area contributed by atoms with Crippen LogP contribution in [-0.4, -0.2) is 38.4 Å². The molecule has 1 N–H and O–H groups in total. The minimum atomic E-state index is -4.89. The van der Waals surface area contributed by atoms with Crippen molar-refractivity contribution in [3.8, 4) is 5.75 Å². The lowest BCUT2D eigenvalue weighted by Crippen LogP contribution is -2.43. The Bertz CT molecular complexity index is 1330. The van der Waals surface area contributed by atoms with Crippen molar-refractivity contribution in [2.45, 2.75) is 57.1 Å². The average molecular weight is 555 g/mol. The molecule has 0 radical (unpaired) electrons. The molecule has 0 saturated carbocycles. The maximum absolute atomic E-state index is 13.2. The van der Waals surface area contributed by atoms with Gasteiger partial charge in [0.25, 0.3) is 10.0 Å². The molecule has 0 spiro atoms. The van der Waals surface area contributed by atoms with Crippen molar-refractivity contribution in [3.05, 3.63) is 69.5 Å². The number of benzene rings is 2. The quantitative estimate of drug-likeness (QED) is 0.384. The van der Waals surface area contributed by atoms with Gasteiger partial charge in [0.15, 0.2) is 5.03 Å². The number of alkyl halides is 3. The number of hydrogen-bond donors (Lipinski definition) is 1. The van der Waals surface area contributed by atoms with Crippen LogP contribution >= 0.6 is 11.3 Å². The van der Waals surface area contributed by atoms with E-state index < -0.39 is 16.4 Å². The van der Waals surface area contributed by atoms with Crippen LogP contribution in [0.3, 0.4) is 0 Å². The van der Waals surface area contributed by atoms with E-state index in [0.29, 0.717) is 9.88 Å². The molecule has 4 rings (SSSR count). The molecule has 0 aliphatic carbocycles. The number of thiazole rings is 1. The van der Waals surface area contributed by atoms with E-state index in [-0.39, 0.29) is 34.6 Å². The summed E-state index contributed by atoms with van der Waals surface area (Å²) in [5.41, 5.74) is 4.77. The van der Waals surface area contributed by atoms with Gasteiger partial charge in [0, 0.05) is 36.6 Å². The number of nitrogens with zero attached hydrogens (tertiary/aromatic N) is 3. The number of aromatic nitrogens is 1. The van der Waals surface area contributed by atoms with E-state index >= 15 is 0 Å². The van der Waals surface area contributed by atoms with E-state index in [1.54, 1.807) is 13.8 Å². The van der Waals surface area contributed by atoms with Crippen LogP contribution in [0, 0.1) is 13.8 Å². The molecule has 1 saturated heterocycles. The topological polar surface area (TPSA) is 74.8 Å². The first-order valence-corrected chi connectivity index (χ1v) is 14.1. The molecule has 12 heteroatoms. The first-order valence-electron chi connectivity index (χ1n) is 11.8. The van der Waals surface area contributed by atoms with Crippen molar-refractivity contribution in [1.82, 2.24) is 15.4 Å². The van der Waals surface area contributed by atoms with Crippen LogP contribution in [0.15, 0.2) is 53.6 Å². The third-order valence-corrected chi connectivity index (χ3v) is 9.09. The largest absolute Gasteiger partial charge is 0.573 e. The molecule has 2 heterocycles. The molecule has 1 aliphatic heterocycles. The Hall–Kier alpha value is -2.67. The van der Waals surface area contributed by atoms with Gasteiger partial charge in [-0.2, -0.15) is 8.42 Å². The average Bonchev–Trinajstić information content (AvgIpc) is 3.21. The molecule has 7 nitrogen and oxygen atoms in total. The van der Waals surface area contributed by atoms with Gasteiger partial charge < -0.3 is 4.74 Å². The molecule has 0 bridgehead atoms. The zero-order valence-electron chi connectivity index (χ0n) is 20.7. The van der Waals surface area contributed by atoms with Crippen LogP contribution in [0.5, 0.6) is 5.75 Å². The molecular weight excluding hydrogens is 525 g/mol. The van der Waals surface area contributed by atoms with Crippen LogP contribution in [0.2, 0.25) is 0 Å². The second-order valence-electron chi connectivity index (χ2n) is 8.86. The summed E-state index contributed by atoms with van der Waals surface area (Å²) in [6, 6.07) is 13.9. The fourth-order valence-corrected chi connectivity index (χ4v) is 6.95. The molecular formula is C25H29F3N4O3S2. The second kappa shape index (κ2) is 11.0. The van der Waals surface area contributed by atoms with Gasteiger partial charge >= 0.3 is 6.36 Å². The maximum atomic E-state index is 13.2. The van der Waals surface area contributed by atoms with Crippen molar-refractivity contribution < 1.29 is 26.3 Å². The van der Waals surface area contributed by atoms with Crippen molar-refractivity contribution >= 4 is 27.0 Å². The highest BCUT2D eigenvalue weighted by Gasteiger charge is 2.33. The highest BCUT2D eigenvalue weighted by molar-refractivity contribution is 7.92. The third kappa shape index (κ3) is 6.43. The van der Waals surface area contributed by atoms with E-state index in [9.17, 15) is 21.6 Å². The Morgan fingerprint density at radius 1 is 1.16 bits per heavy atom. The Morgan fingerprint density at radius 2 is 1.89 bits per heavy atom. The number of hydrogen-bond acceptors (Lipinski definition) is 7. The van der Waals surface area contributed by atoms with Crippen molar-refractivity contribution in [1.29, 1.82) is 0 Å². The van der Waals surface area contributed by atoms with Crippen LogP contribution in [0.25, 0.3) is 0 Å². The number of halogens is 3. The number of anilines is 1. The highest BCUT2D eigenvalue weighted by Crippen LogP contribution is 2.34. The van der Waals surface area contributed by atoms with Gasteiger partial charge in [-0.25, -0.2) is 9.99 Å². The number of ether oxygens (including phenoxy) is 1. The van der Waals surface area contributed by atoms with Gasteiger partial charge in [-0.15, -0.1) is 24.5 Å². The minimum Gasteiger partial charge on any atom is -0.405 e. The monoisotopic (exact) mass is 554 g/mol. The van der Waals surface area contributed by atoms with Crippen LogP contribution in [0.4, 0.5) is 18.9 Å². The van der Waals surface area contributed by atoms with Gasteiger partial charge in [0.1, 0.15) is 5.75 Å². The predicted octanol–water partition coefficient (Wildman–Crippen LogP) is 5.72. The number of piperidine rings is 1. The summed E-state index contributed by atoms with van der Waals surface area (Å²) in [4.78, 5) is 4.69. The standard InChI is InChI=1S/C25H29F3N4O3S2/c1-17-24(30-18(2)36-17)37(33,34)31(3)21-12-13-23(35-25(26,27)28)20(15-21)16-29-32-14-8-7-11-22(32)19-9-5-4-6-10-19/h4-6,9-10,12-13,15,22,29H,7-8,11,14,16H2,1-3H3/t22-/m0/s1. The van der Waals surface area contributed by atoms with E-state index in [2.05, 4.69) is 15.1 Å². The molecule has 37 heavy (non-hydrogen) atoms. The second-order valence-corrected chi connectivity index (χ2v) is 12.1. The molecule has 1 aromatic heterocycles. The van der Waals surface area contributed by atoms with Crippen LogP contribution in [0.1, 0.15) is 46.3 Å². The minimum absolute atomic E-state index is 0.0192. The van der Waals surface area contributed by atoms with Gasteiger partial charge in [-0.1, -0.05) is 36.8 Å². The lowest BCUT2D eigenvalue weighted by Gasteiger charge is -2.36. The first-order chi connectivity index (χ1) is 17.5. The van der Waals surface area contributed by atoms with Crippen molar-refractivity contribution in [3.63, 3.8) is 0 Å². The van der Waals surface area contributed by atoms with E-state index in [1.165, 1.54) is 30.5 Å². The first kappa shape index (κ1) is 27.4. The van der Waals surface area contributed by atoms with Crippen molar-refractivity contribution in [2.24, 2.45) is 0 Å². The lowest BCUT2D eigenvalue weighted by atomic mass is 9.97. The van der Waals surface area contributed by atoms with E-state index in [4.69, 9.17) is 0 Å². The highest BCUT2D eigenvalue weighted by atomic mass is 32.2. The van der Waals surface area contributed by atoms with Crippen LogP contribution in [-0.2, 0) is 16.6 Å². The Balaban J connectivity index is 1.62. The number of nitrogens with one attached hydrogen (secondary N) is 1. The fourth-order valence-electron chi connectivity index (χ4n) is 4.47. The molecule has 1 atom stereocenters. The lowest BCUT2D eigenvalue weighted by molar-refractivity contribution is -0.274. The third-order valence-electron chi connectivity index (χ3n) is 6.26. The SMILES string of the molecule is Cc1nc(S(=O)(=O)N(C)c2ccc(OC(F)(F)F)c(CNN3CCCC[C@H]3c3ccccc3)c2)c(C)s1. The number of sulfonamides is 1. The summed E-state index contributed by atoms with van der Waals surface area (Å²) in [6.07, 6.45) is -1.97. The summed E-state index contributed by atoms with van der Waals surface area (Å²) in [6.45, 7) is 4.13. The van der Waals surface area contributed by atoms with Gasteiger partial charge in [-0.3, -0.25) is 9.73 Å². The number of aryl methyl sites for hydroxylation is 2. The summed E-state index contributed by atoms with van der Waals surface area (Å²) in [7, 11) is -2.65. The molecule has 0 unspecified atom stereocenters. The van der Waals surface area contributed by atoms with Gasteiger partial charge in [-0.05, 0) is 50.5 Å². The molecule has 3 aromatic rings. The fraction of sp³-hybridized carbons (Fsp3) is 0.400. The molecule has 200 valence electrons. The Labute approximate surface area is 218 Å². The Morgan fingerprint density at radius 3 is 2.54 bits per heavy atom. The molecule has 2 aromatic carbocycles. The summed E-state index contributed by atoms with van der Waals surface area (Å²) in [5, 5.41) is 2.58. The Kier molecular flexibility index (Phi) is 8.12. The predicted molar refractivity (Wildman–Crippen MR) is 137 cm³/mol. The normalized spacial score (nSPS) is 17.1. The zero-order valence-corrected chi connectivity index (χ0v) is 22.4. The van der Waals surface area contributed by atoms with Gasteiger partial charge in [0.2, 0.25) is 0 Å². The number of rotatable bonds is 8.